The molecule has 4 aromatic rings. The Labute approximate surface area is 197 Å². The molecular weight excluding hydrogens is 456 g/mol. The van der Waals surface area contributed by atoms with Crippen molar-refractivity contribution in [2.24, 2.45) is 0 Å². The highest BCUT2D eigenvalue weighted by atomic mass is 32.2. The molecule has 0 aliphatic rings. The second-order valence-electron chi connectivity index (χ2n) is 7.89. The lowest BCUT2D eigenvalue weighted by Gasteiger charge is -2.12. The van der Waals surface area contributed by atoms with Crippen LogP contribution in [-0.4, -0.2) is 23.7 Å². The molecule has 0 saturated carbocycles. The quantitative estimate of drug-likeness (QED) is 0.359. The molecule has 2 N–H and O–H groups in total. The zero-order valence-corrected chi connectivity index (χ0v) is 20.2. The zero-order valence-electron chi connectivity index (χ0n) is 18.5. The first kappa shape index (κ1) is 23.0. The maximum atomic E-state index is 12.9. The number of anilines is 1. The third-order valence-corrected chi connectivity index (χ3v) is 7.51. The van der Waals surface area contributed by atoms with E-state index in [2.05, 4.69) is 21.9 Å². The fourth-order valence-corrected chi connectivity index (χ4v) is 5.28. The SMILES string of the molecule is CCCCc1ccc(NS(=O)(=O)c2ccc(C)c(C(=O)NCc3cn4ccsc4n3)c2)cc1. The summed E-state index contributed by atoms with van der Waals surface area (Å²) in [5, 5.41) is 4.77. The Hall–Kier alpha value is -3.17. The van der Waals surface area contributed by atoms with Gasteiger partial charge in [0.05, 0.1) is 17.1 Å². The van der Waals surface area contributed by atoms with Gasteiger partial charge in [-0.1, -0.05) is 31.5 Å². The molecule has 33 heavy (non-hydrogen) atoms. The molecule has 7 nitrogen and oxygen atoms in total. The summed E-state index contributed by atoms with van der Waals surface area (Å²) in [7, 11) is -3.84. The highest BCUT2D eigenvalue weighted by Crippen LogP contribution is 2.20. The zero-order chi connectivity index (χ0) is 23.4. The Kier molecular flexibility index (Phi) is 6.80. The molecule has 0 aliphatic carbocycles. The molecule has 0 aliphatic heterocycles. The van der Waals surface area contributed by atoms with Crippen LogP contribution in [0, 0.1) is 6.92 Å². The van der Waals surface area contributed by atoms with Crippen molar-refractivity contribution in [1.82, 2.24) is 14.7 Å². The maximum absolute atomic E-state index is 12.9. The fraction of sp³-hybridized carbons (Fsp3) is 0.250. The lowest BCUT2D eigenvalue weighted by Crippen LogP contribution is -2.24. The molecular formula is C24H26N4O3S2. The van der Waals surface area contributed by atoms with Crippen LogP contribution in [0.5, 0.6) is 0 Å². The predicted molar refractivity (Wildman–Crippen MR) is 131 cm³/mol. The van der Waals surface area contributed by atoms with E-state index in [4.69, 9.17) is 0 Å². The number of hydrogen-bond donors (Lipinski definition) is 2. The van der Waals surface area contributed by atoms with Gasteiger partial charge in [0.2, 0.25) is 0 Å². The molecule has 0 spiro atoms. The molecule has 172 valence electrons. The summed E-state index contributed by atoms with van der Waals surface area (Å²) in [6.45, 7) is 4.17. The number of sulfonamides is 1. The number of thiazole rings is 1. The van der Waals surface area contributed by atoms with Crippen molar-refractivity contribution in [2.45, 2.75) is 44.6 Å². The number of aromatic nitrogens is 2. The Morgan fingerprint density at radius 2 is 1.94 bits per heavy atom. The van der Waals surface area contributed by atoms with E-state index in [1.807, 2.05) is 34.3 Å². The summed E-state index contributed by atoms with van der Waals surface area (Å²) in [6, 6.07) is 12.0. The van der Waals surface area contributed by atoms with Crippen LogP contribution in [0.2, 0.25) is 0 Å². The maximum Gasteiger partial charge on any atom is 0.261 e. The van der Waals surface area contributed by atoms with Gasteiger partial charge >= 0.3 is 0 Å². The van der Waals surface area contributed by atoms with Crippen molar-refractivity contribution in [2.75, 3.05) is 4.72 Å². The number of carbonyl (C=O) groups is 1. The average molecular weight is 483 g/mol. The van der Waals surface area contributed by atoms with Gasteiger partial charge in [-0.15, -0.1) is 11.3 Å². The molecule has 0 saturated heterocycles. The minimum atomic E-state index is -3.84. The van der Waals surface area contributed by atoms with Gasteiger partial charge in [0.25, 0.3) is 15.9 Å². The minimum Gasteiger partial charge on any atom is -0.346 e. The monoisotopic (exact) mass is 482 g/mol. The fourth-order valence-electron chi connectivity index (χ4n) is 3.47. The Morgan fingerprint density at radius 3 is 2.67 bits per heavy atom. The molecule has 0 atom stereocenters. The van der Waals surface area contributed by atoms with Gasteiger partial charge in [0.15, 0.2) is 4.96 Å². The summed E-state index contributed by atoms with van der Waals surface area (Å²) in [5.41, 5.74) is 3.40. The summed E-state index contributed by atoms with van der Waals surface area (Å²) < 4.78 is 30.4. The summed E-state index contributed by atoms with van der Waals surface area (Å²) in [5.74, 6) is -0.346. The van der Waals surface area contributed by atoms with Crippen LogP contribution in [0.15, 0.2) is 65.1 Å². The van der Waals surface area contributed by atoms with Gasteiger partial charge < -0.3 is 5.32 Å². The molecule has 1 amide bonds. The van der Waals surface area contributed by atoms with Crippen LogP contribution in [0.1, 0.15) is 46.9 Å². The number of imidazole rings is 1. The van der Waals surface area contributed by atoms with E-state index in [1.54, 1.807) is 25.1 Å². The van der Waals surface area contributed by atoms with E-state index >= 15 is 0 Å². The Morgan fingerprint density at radius 1 is 1.15 bits per heavy atom. The molecule has 2 heterocycles. The van der Waals surface area contributed by atoms with Crippen molar-refractivity contribution in [3.05, 3.63) is 82.6 Å². The number of rotatable bonds is 9. The minimum absolute atomic E-state index is 0.0378. The van der Waals surface area contributed by atoms with Crippen molar-refractivity contribution < 1.29 is 13.2 Å². The number of benzene rings is 2. The first-order chi connectivity index (χ1) is 15.9. The summed E-state index contributed by atoms with van der Waals surface area (Å²) >= 11 is 1.52. The second-order valence-corrected chi connectivity index (χ2v) is 10.4. The molecule has 9 heteroatoms. The van der Waals surface area contributed by atoms with Crippen molar-refractivity contribution >= 4 is 37.9 Å². The van der Waals surface area contributed by atoms with Crippen molar-refractivity contribution in [1.29, 1.82) is 0 Å². The molecule has 0 bridgehead atoms. The molecule has 2 aromatic heterocycles. The number of fused-ring (bicyclic) bond motifs is 1. The van der Waals surface area contributed by atoms with Gasteiger partial charge in [-0.05, 0) is 55.2 Å². The van der Waals surface area contributed by atoms with Gasteiger partial charge in [0, 0.05) is 29.0 Å². The van der Waals surface area contributed by atoms with E-state index in [-0.39, 0.29) is 17.3 Å². The van der Waals surface area contributed by atoms with E-state index in [0.29, 0.717) is 16.8 Å². The molecule has 2 aromatic carbocycles. The summed E-state index contributed by atoms with van der Waals surface area (Å²) in [4.78, 5) is 18.1. The standard InChI is InChI=1S/C24H26N4O3S2/c1-3-4-5-18-7-9-19(10-8-18)27-33(30,31)21-11-6-17(2)22(14-21)23(29)25-15-20-16-28-12-13-32-24(28)26-20/h6-14,16,27H,3-5,15H2,1-2H3,(H,25,29). The van der Waals surface area contributed by atoms with Gasteiger partial charge in [-0.25, -0.2) is 13.4 Å². The topological polar surface area (TPSA) is 92.6 Å². The van der Waals surface area contributed by atoms with Crippen LogP contribution < -0.4 is 10.0 Å². The van der Waals surface area contributed by atoms with Gasteiger partial charge in [0.1, 0.15) is 0 Å². The van der Waals surface area contributed by atoms with Crippen molar-refractivity contribution in [3.63, 3.8) is 0 Å². The first-order valence-electron chi connectivity index (χ1n) is 10.8. The van der Waals surface area contributed by atoms with E-state index in [0.717, 1.165) is 29.9 Å². The van der Waals surface area contributed by atoms with E-state index < -0.39 is 10.0 Å². The Bertz CT molecular complexity index is 1340. The third kappa shape index (κ3) is 5.43. The lowest BCUT2D eigenvalue weighted by atomic mass is 10.1. The highest BCUT2D eigenvalue weighted by molar-refractivity contribution is 7.92. The van der Waals surface area contributed by atoms with Crippen LogP contribution in [0.4, 0.5) is 5.69 Å². The number of hydrogen-bond acceptors (Lipinski definition) is 5. The van der Waals surface area contributed by atoms with E-state index in [1.165, 1.54) is 29.0 Å². The van der Waals surface area contributed by atoms with Gasteiger partial charge in [-0.2, -0.15) is 0 Å². The van der Waals surface area contributed by atoms with Crippen molar-refractivity contribution in [3.8, 4) is 0 Å². The molecule has 0 unspecified atom stereocenters. The van der Waals surface area contributed by atoms with Crippen LogP contribution in [0.25, 0.3) is 4.96 Å². The van der Waals surface area contributed by atoms with Gasteiger partial charge in [-0.3, -0.25) is 13.9 Å². The number of nitrogens with zero attached hydrogens (tertiary/aromatic N) is 2. The van der Waals surface area contributed by atoms with Crippen LogP contribution in [-0.2, 0) is 23.0 Å². The average Bonchev–Trinajstić information content (AvgIpc) is 3.39. The second kappa shape index (κ2) is 9.76. The predicted octanol–water partition coefficient (Wildman–Crippen LogP) is 4.78. The third-order valence-electron chi connectivity index (χ3n) is 5.36. The number of carbonyl (C=O) groups excluding carboxylic acids is 1. The molecule has 4 rings (SSSR count). The number of aryl methyl sites for hydroxylation is 2. The molecule has 0 fully saturated rings. The number of unbranched alkanes of at least 4 members (excludes halogenated alkanes) is 1. The highest BCUT2D eigenvalue weighted by Gasteiger charge is 2.18. The van der Waals surface area contributed by atoms with E-state index in [9.17, 15) is 13.2 Å². The number of nitrogens with one attached hydrogen (secondary N) is 2. The van der Waals surface area contributed by atoms with Crippen LogP contribution in [0.3, 0.4) is 0 Å². The van der Waals surface area contributed by atoms with Crippen LogP contribution >= 0.6 is 11.3 Å². The largest absolute Gasteiger partial charge is 0.346 e. The smallest absolute Gasteiger partial charge is 0.261 e. The summed E-state index contributed by atoms with van der Waals surface area (Å²) in [6.07, 6.45) is 6.94. The lowest BCUT2D eigenvalue weighted by molar-refractivity contribution is 0.0949. The Balaban J connectivity index is 1.46. The normalized spacial score (nSPS) is 11.6. The first-order valence-corrected chi connectivity index (χ1v) is 13.1. The number of amides is 1. The molecule has 0 radical (unpaired) electrons.